The highest BCUT2D eigenvalue weighted by molar-refractivity contribution is 4.95. The van der Waals surface area contributed by atoms with Crippen molar-refractivity contribution in [3.05, 3.63) is 0 Å². The van der Waals surface area contributed by atoms with E-state index in [1.807, 2.05) is 0 Å². The quantitative estimate of drug-likeness (QED) is 0.595. The summed E-state index contributed by atoms with van der Waals surface area (Å²) in [5.41, 5.74) is -0.502. The molecule has 2 N–H and O–H groups in total. The largest absolute Gasteiger partial charge is 0.389 e. The van der Waals surface area contributed by atoms with E-state index < -0.39 is 11.7 Å². The Morgan fingerprint density at radius 3 is 2.59 bits per heavy atom. The van der Waals surface area contributed by atoms with Crippen LogP contribution in [0.4, 0.5) is 0 Å². The number of aliphatic hydroxyl groups is 2. The first-order valence-electron chi connectivity index (χ1n) is 6.80. The third-order valence-electron chi connectivity index (χ3n) is 3.17. The van der Waals surface area contributed by atoms with Crippen LogP contribution < -0.4 is 0 Å². The van der Waals surface area contributed by atoms with Crippen LogP contribution in [0.3, 0.4) is 0 Å². The molecule has 0 aromatic heterocycles. The Labute approximate surface area is 105 Å². The molecule has 0 aromatic carbocycles. The average Bonchev–Trinajstić information content (AvgIpc) is 2.23. The van der Waals surface area contributed by atoms with Crippen molar-refractivity contribution in [2.75, 3.05) is 32.8 Å². The zero-order valence-corrected chi connectivity index (χ0v) is 11.2. The fraction of sp³-hybridized carbons (Fsp3) is 1.00. The van der Waals surface area contributed by atoms with Crippen molar-refractivity contribution in [1.29, 1.82) is 0 Å². The van der Waals surface area contributed by atoms with Gasteiger partial charge < -0.3 is 14.9 Å². The summed E-state index contributed by atoms with van der Waals surface area (Å²) < 4.78 is 5.37. The number of aliphatic hydroxyl groups excluding tert-OH is 1. The van der Waals surface area contributed by atoms with Crippen molar-refractivity contribution < 1.29 is 14.9 Å². The first kappa shape index (κ1) is 14.9. The van der Waals surface area contributed by atoms with Crippen molar-refractivity contribution in [2.45, 2.75) is 51.2 Å². The van der Waals surface area contributed by atoms with Crippen LogP contribution in [0.2, 0.25) is 0 Å². The van der Waals surface area contributed by atoms with E-state index in [2.05, 4.69) is 18.7 Å². The Morgan fingerprint density at radius 1 is 1.29 bits per heavy atom. The summed E-state index contributed by atoms with van der Waals surface area (Å²) in [6.07, 6.45) is 3.59. The second kappa shape index (κ2) is 7.31. The van der Waals surface area contributed by atoms with Crippen LogP contribution in [0.1, 0.15) is 39.5 Å². The Hall–Kier alpha value is -0.160. The van der Waals surface area contributed by atoms with Crippen LogP contribution in [0, 0.1) is 0 Å². The maximum absolute atomic E-state index is 9.98. The Balaban J connectivity index is 2.03. The van der Waals surface area contributed by atoms with Gasteiger partial charge in [-0.05, 0) is 12.8 Å². The lowest BCUT2D eigenvalue weighted by Gasteiger charge is -2.47. The molecule has 1 aliphatic rings. The SMILES string of the molecule is CCCCOCC(O)CN1CC(O)(CCC)C1. The lowest BCUT2D eigenvalue weighted by Crippen LogP contribution is -2.63. The van der Waals surface area contributed by atoms with Crippen LogP contribution in [-0.4, -0.2) is 59.7 Å². The molecular formula is C13H27NO3. The molecular weight excluding hydrogens is 218 g/mol. The third-order valence-corrected chi connectivity index (χ3v) is 3.17. The number of nitrogens with zero attached hydrogens (tertiary/aromatic N) is 1. The molecule has 1 rings (SSSR count). The molecule has 17 heavy (non-hydrogen) atoms. The first-order valence-corrected chi connectivity index (χ1v) is 6.80. The summed E-state index contributed by atoms with van der Waals surface area (Å²) in [7, 11) is 0. The number of likely N-dealkylation sites (tertiary alicyclic amines) is 1. The van der Waals surface area contributed by atoms with Gasteiger partial charge in [-0.25, -0.2) is 0 Å². The molecule has 0 radical (unpaired) electrons. The van der Waals surface area contributed by atoms with Gasteiger partial charge in [0.2, 0.25) is 0 Å². The molecule has 1 fully saturated rings. The minimum Gasteiger partial charge on any atom is -0.389 e. The lowest BCUT2D eigenvalue weighted by atomic mass is 9.89. The van der Waals surface area contributed by atoms with Gasteiger partial charge in [0, 0.05) is 26.2 Å². The number of rotatable bonds is 9. The fourth-order valence-corrected chi connectivity index (χ4v) is 2.36. The van der Waals surface area contributed by atoms with Crippen molar-refractivity contribution in [3.8, 4) is 0 Å². The number of unbranched alkanes of at least 4 members (excludes halogenated alkanes) is 1. The molecule has 1 unspecified atom stereocenters. The van der Waals surface area contributed by atoms with Gasteiger partial charge >= 0.3 is 0 Å². The highest BCUT2D eigenvalue weighted by atomic mass is 16.5. The maximum Gasteiger partial charge on any atom is 0.0900 e. The van der Waals surface area contributed by atoms with E-state index in [1.165, 1.54) is 0 Å². The fourth-order valence-electron chi connectivity index (χ4n) is 2.36. The minimum atomic E-state index is -0.502. The highest BCUT2D eigenvalue weighted by Gasteiger charge is 2.40. The van der Waals surface area contributed by atoms with E-state index in [4.69, 9.17) is 4.74 Å². The molecule has 4 heteroatoms. The monoisotopic (exact) mass is 245 g/mol. The van der Waals surface area contributed by atoms with Crippen LogP contribution in [0.15, 0.2) is 0 Å². The standard InChI is InChI=1S/C13H27NO3/c1-3-5-7-17-9-12(15)8-14-10-13(16,11-14)6-4-2/h12,15-16H,3-11H2,1-2H3. The number of hydrogen-bond acceptors (Lipinski definition) is 4. The Kier molecular flexibility index (Phi) is 6.41. The molecule has 1 aliphatic heterocycles. The average molecular weight is 245 g/mol. The molecule has 0 aliphatic carbocycles. The second-order valence-electron chi connectivity index (χ2n) is 5.23. The van der Waals surface area contributed by atoms with E-state index in [0.29, 0.717) is 26.2 Å². The van der Waals surface area contributed by atoms with Crippen LogP contribution in [0.25, 0.3) is 0 Å². The molecule has 102 valence electrons. The molecule has 1 atom stereocenters. The van der Waals surface area contributed by atoms with Gasteiger partial charge in [0.15, 0.2) is 0 Å². The summed E-state index contributed by atoms with van der Waals surface area (Å²) in [6, 6.07) is 0. The summed E-state index contributed by atoms with van der Waals surface area (Å²) in [4.78, 5) is 2.09. The molecule has 0 aromatic rings. The lowest BCUT2D eigenvalue weighted by molar-refractivity contribution is -0.118. The summed E-state index contributed by atoms with van der Waals surface area (Å²) in [5.74, 6) is 0. The molecule has 0 bridgehead atoms. The van der Waals surface area contributed by atoms with Crippen LogP contribution >= 0.6 is 0 Å². The van der Waals surface area contributed by atoms with Gasteiger partial charge in [-0.3, -0.25) is 4.90 Å². The number of β-amino-alcohol motifs (C(OH)–C–C–N with tert-alkyl or cyclic N) is 2. The smallest absolute Gasteiger partial charge is 0.0900 e. The van der Waals surface area contributed by atoms with Gasteiger partial charge in [0.05, 0.1) is 18.3 Å². The molecule has 0 saturated carbocycles. The van der Waals surface area contributed by atoms with Crippen molar-refractivity contribution in [2.24, 2.45) is 0 Å². The number of hydrogen-bond donors (Lipinski definition) is 2. The Morgan fingerprint density at radius 2 is 2.00 bits per heavy atom. The van der Waals surface area contributed by atoms with Gasteiger partial charge in [-0.2, -0.15) is 0 Å². The third kappa shape index (κ3) is 5.34. The van der Waals surface area contributed by atoms with E-state index in [0.717, 1.165) is 32.3 Å². The van der Waals surface area contributed by atoms with Gasteiger partial charge in [0.25, 0.3) is 0 Å². The van der Waals surface area contributed by atoms with Crippen molar-refractivity contribution >= 4 is 0 Å². The predicted octanol–water partition coefficient (Wildman–Crippen LogP) is 1.01. The predicted molar refractivity (Wildman–Crippen MR) is 68.0 cm³/mol. The maximum atomic E-state index is 9.98. The second-order valence-corrected chi connectivity index (χ2v) is 5.23. The van der Waals surface area contributed by atoms with Crippen molar-refractivity contribution in [3.63, 3.8) is 0 Å². The molecule has 0 amide bonds. The van der Waals surface area contributed by atoms with E-state index in [1.54, 1.807) is 0 Å². The zero-order valence-electron chi connectivity index (χ0n) is 11.2. The van der Waals surface area contributed by atoms with Crippen LogP contribution in [-0.2, 0) is 4.74 Å². The molecule has 0 spiro atoms. The molecule has 1 saturated heterocycles. The first-order chi connectivity index (χ1) is 8.09. The van der Waals surface area contributed by atoms with Crippen LogP contribution in [0.5, 0.6) is 0 Å². The van der Waals surface area contributed by atoms with E-state index in [9.17, 15) is 10.2 Å². The molecule has 4 nitrogen and oxygen atoms in total. The highest BCUT2D eigenvalue weighted by Crippen LogP contribution is 2.25. The van der Waals surface area contributed by atoms with Gasteiger partial charge in [0.1, 0.15) is 0 Å². The van der Waals surface area contributed by atoms with Gasteiger partial charge in [-0.1, -0.05) is 26.7 Å². The minimum absolute atomic E-state index is 0.405. The summed E-state index contributed by atoms with van der Waals surface area (Å²) in [5, 5.41) is 19.7. The summed E-state index contributed by atoms with van der Waals surface area (Å²) in [6.45, 7) is 7.32. The topological polar surface area (TPSA) is 52.9 Å². The van der Waals surface area contributed by atoms with E-state index >= 15 is 0 Å². The van der Waals surface area contributed by atoms with E-state index in [-0.39, 0.29) is 0 Å². The zero-order chi connectivity index (χ0) is 12.7. The number of ether oxygens (including phenoxy) is 1. The molecule has 1 heterocycles. The van der Waals surface area contributed by atoms with Gasteiger partial charge in [-0.15, -0.1) is 0 Å². The Bertz CT molecular complexity index is 205. The van der Waals surface area contributed by atoms with Crippen molar-refractivity contribution in [1.82, 2.24) is 4.90 Å². The summed E-state index contributed by atoms with van der Waals surface area (Å²) >= 11 is 0. The normalized spacial score (nSPS) is 21.2.